The van der Waals surface area contributed by atoms with Gasteiger partial charge < -0.3 is 14.5 Å². The first-order valence-corrected chi connectivity index (χ1v) is 9.57. The molecular weight excluding hydrogens is 410 g/mol. The second-order valence-corrected chi connectivity index (χ2v) is 7.11. The van der Waals surface area contributed by atoms with Crippen molar-refractivity contribution in [3.8, 4) is 5.75 Å². The van der Waals surface area contributed by atoms with Gasteiger partial charge in [-0.15, -0.1) is 0 Å². The maximum Gasteiger partial charge on any atom is 0.286 e. The summed E-state index contributed by atoms with van der Waals surface area (Å²) in [4.78, 5) is 12.2. The van der Waals surface area contributed by atoms with E-state index in [0.717, 1.165) is 34.4 Å². The number of ether oxygens (including phenoxy) is 1. The van der Waals surface area contributed by atoms with Gasteiger partial charge in [-0.3, -0.25) is 9.48 Å². The van der Waals surface area contributed by atoms with Crippen molar-refractivity contribution in [1.29, 1.82) is 0 Å². The third-order valence-corrected chi connectivity index (χ3v) is 4.86. The van der Waals surface area contributed by atoms with Crippen molar-refractivity contribution in [2.45, 2.75) is 33.4 Å². The Morgan fingerprint density at radius 3 is 2.81 bits per heavy atom. The Morgan fingerprint density at radius 1 is 1.26 bits per heavy atom. The van der Waals surface area contributed by atoms with Gasteiger partial charge in [-0.1, -0.05) is 18.2 Å². The highest BCUT2D eigenvalue weighted by Gasteiger charge is 2.11. The van der Waals surface area contributed by atoms with Gasteiger partial charge in [0.05, 0.1) is 10.2 Å². The van der Waals surface area contributed by atoms with Crippen LogP contribution in [-0.4, -0.2) is 22.2 Å². The number of aromatic nitrogens is 2. The number of para-hydroxylation sites is 1. The van der Waals surface area contributed by atoms with Gasteiger partial charge in [0.15, 0.2) is 5.76 Å². The molecule has 27 heavy (non-hydrogen) atoms. The molecule has 1 amide bonds. The second-order valence-electron chi connectivity index (χ2n) is 6.26. The molecule has 0 saturated carbocycles. The van der Waals surface area contributed by atoms with Crippen molar-refractivity contribution < 1.29 is 13.9 Å². The summed E-state index contributed by atoms with van der Waals surface area (Å²) in [5.41, 5.74) is 2.01. The normalized spacial score (nSPS) is 10.8. The van der Waals surface area contributed by atoms with E-state index < -0.39 is 0 Å². The standard InChI is InChI=1S/C20H22BrN3O3/c1-14-6-3-4-7-18(14)26-13-16-8-9-19(27-16)20(25)22-10-5-11-24-12-17(21)15(2)23-24/h3-4,6-9,12H,5,10-11,13H2,1-2H3,(H,22,25). The van der Waals surface area contributed by atoms with Crippen molar-refractivity contribution in [2.24, 2.45) is 0 Å². The van der Waals surface area contributed by atoms with Gasteiger partial charge in [0.1, 0.15) is 18.1 Å². The van der Waals surface area contributed by atoms with Crippen LogP contribution in [0, 0.1) is 13.8 Å². The molecule has 2 aromatic heterocycles. The van der Waals surface area contributed by atoms with E-state index in [0.29, 0.717) is 12.3 Å². The van der Waals surface area contributed by atoms with E-state index in [1.165, 1.54) is 0 Å². The fourth-order valence-electron chi connectivity index (χ4n) is 2.58. The molecule has 3 aromatic rings. The number of furan rings is 1. The number of hydrogen-bond acceptors (Lipinski definition) is 4. The smallest absolute Gasteiger partial charge is 0.286 e. The number of benzene rings is 1. The average Bonchev–Trinajstić information content (AvgIpc) is 3.25. The zero-order chi connectivity index (χ0) is 19.2. The molecule has 0 unspecified atom stereocenters. The molecule has 0 aliphatic rings. The highest BCUT2D eigenvalue weighted by Crippen LogP contribution is 2.18. The number of nitrogens with zero attached hydrogens (tertiary/aromatic N) is 2. The van der Waals surface area contributed by atoms with Gasteiger partial charge >= 0.3 is 0 Å². The van der Waals surface area contributed by atoms with E-state index in [1.807, 2.05) is 49.0 Å². The Kier molecular flexibility index (Phi) is 6.34. The van der Waals surface area contributed by atoms with Crippen LogP contribution in [-0.2, 0) is 13.2 Å². The molecule has 0 saturated heterocycles. The lowest BCUT2D eigenvalue weighted by molar-refractivity contribution is 0.0920. The number of carbonyl (C=O) groups excluding carboxylic acids is 1. The first-order chi connectivity index (χ1) is 13.0. The van der Waals surface area contributed by atoms with Crippen LogP contribution < -0.4 is 10.1 Å². The third kappa shape index (κ3) is 5.23. The molecule has 1 aromatic carbocycles. The number of nitrogens with one attached hydrogen (secondary N) is 1. The number of hydrogen-bond donors (Lipinski definition) is 1. The van der Waals surface area contributed by atoms with Crippen LogP contribution in [0.3, 0.4) is 0 Å². The summed E-state index contributed by atoms with van der Waals surface area (Å²) in [5.74, 6) is 1.48. The topological polar surface area (TPSA) is 69.3 Å². The zero-order valence-electron chi connectivity index (χ0n) is 15.4. The van der Waals surface area contributed by atoms with Crippen molar-refractivity contribution in [1.82, 2.24) is 15.1 Å². The summed E-state index contributed by atoms with van der Waals surface area (Å²) >= 11 is 3.44. The van der Waals surface area contributed by atoms with Crippen molar-refractivity contribution >= 4 is 21.8 Å². The average molecular weight is 432 g/mol. The van der Waals surface area contributed by atoms with Crippen LogP contribution in [0.1, 0.15) is 34.0 Å². The predicted molar refractivity (Wildman–Crippen MR) is 106 cm³/mol. The monoisotopic (exact) mass is 431 g/mol. The maximum absolute atomic E-state index is 12.2. The van der Waals surface area contributed by atoms with Crippen molar-refractivity contribution in [3.63, 3.8) is 0 Å². The Bertz CT molecular complexity index is 897. The number of amides is 1. The van der Waals surface area contributed by atoms with E-state index in [9.17, 15) is 4.79 Å². The molecular formula is C20H22BrN3O3. The van der Waals surface area contributed by atoms with E-state index in [1.54, 1.807) is 12.1 Å². The highest BCUT2D eigenvalue weighted by molar-refractivity contribution is 9.10. The minimum atomic E-state index is -0.227. The summed E-state index contributed by atoms with van der Waals surface area (Å²) < 4.78 is 14.2. The molecule has 1 N–H and O–H groups in total. The van der Waals surface area contributed by atoms with Gasteiger partial charge in [0.2, 0.25) is 0 Å². The minimum absolute atomic E-state index is 0.227. The first kappa shape index (κ1) is 19.2. The van der Waals surface area contributed by atoms with Gasteiger partial charge in [-0.05, 0) is 60.0 Å². The number of halogens is 1. The molecule has 0 radical (unpaired) electrons. The van der Waals surface area contributed by atoms with Crippen LogP contribution >= 0.6 is 15.9 Å². The van der Waals surface area contributed by atoms with Gasteiger partial charge in [-0.2, -0.15) is 5.10 Å². The molecule has 6 nitrogen and oxygen atoms in total. The Morgan fingerprint density at radius 2 is 2.07 bits per heavy atom. The molecule has 0 spiro atoms. The van der Waals surface area contributed by atoms with E-state index in [-0.39, 0.29) is 18.3 Å². The second kappa shape index (κ2) is 8.90. The quantitative estimate of drug-likeness (QED) is 0.541. The zero-order valence-corrected chi connectivity index (χ0v) is 17.0. The first-order valence-electron chi connectivity index (χ1n) is 8.78. The predicted octanol–water partition coefficient (Wildman–Crippen LogP) is 4.25. The molecule has 2 heterocycles. The summed E-state index contributed by atoms with van der Waals surface area (Å²) in [6.45, 7) is 5.50. The fraction of sp³-hybridized carbons (Fsp3) is 0.300. The van der Waals surface area contributed by atoms with Crippen LogP contribution in [0.2, 0.25) is 0 Å². The number of rotatable bonds is 8. The van der Waals surface area contributed by atoms with Gasteiger partial charge in [-0.25, -0.2) is 0 Å². The molecule has 0 aliphatic heterocycles. The number of carbonyl (C=O) groups is 1. The Labute approximate surface area is 166 Å². The molecule has 3 rings (SSSR count). The lowest BCUT2D eigenvalue weighted by Gasteiger charge is -2.07. The highest BCUT2D eigenvalue weighted by atomic mass is 79.9. The van der Waals surface area contributed by atoms with E-state index in [4.69, 9.17) is 9.15 Å². The van der Waals surface area contributed by atoms with E-state index in [2.05, 4.69) is 26.3 Å². The molecule has 0 aliphatic carbocycles. The molecule has 0 fully saturated rings. The summed E-state index contributed by atoms with van der Waals surface area (Å²) in [5, 5.41) is 7.23. The van der Waals surface area contributed by atoms with Crippen molar-refractivity contribution in [2.75, 3.05) is 6.54 Å². The third-order valence-electron chi connectivity index (χ3n) is 4.08. The molecule has 142 valence electrons. The van der Waals surface area contributed by atoms with Gasteiger partial charge in [0, 0.05) is 19.3 Å². The fourth-order valence-corrected chi connectivity index (χ4v) is 2.90. The molecule has 0 bridgehead atoms. The number of aryl methyl sites for hydroxylation is 3. The van der Waals surface area contributed by atoms with E-state index >= 15 is 0 Å². The largest absolute Gasteiger partial charge is 0.485 e. The van der Waals surface area contributed by atoms with Crippen molar-refractivity contribution in [3.05, 3.63) is 69.8 Å². The maximum atomic E-state index is 12.2. The van der Waals surface area contributed by atoms with Crippen LogP contribution in [0.25, 0.3) is 0 Å². The summed E-state index contributed by atoms with van der Waals surface area (Å²) in [6, 6.07) is 11.2. The SMILES string of the molecule is Cc1ccccc1OCc1ccc(C(=O)NCCCn2cc(Br)c(C)n2)o1. The van der Waals surface area contributed by atoms with Crippen LogP contribution in [0.15, 0.2) is 51.5 Å². The Hall–Kier alpha value is -2.54. The summed E-state index contributed by atoms with van der Waals surface area (Å²) in [7, 11) is 0. The van der Waals surface area contributed by atoms with Crippen LogP contribution in [0.5, 0.6) is 5.75 Å². The molecule has 0 atom stereocenters. The van der Waals surface area contributed by atoms with Crippen LogP contribution in [0.4, 0.5) is 0 Å². The lowest BCUT2D eigenvalue weighted by atomic mass is 10.2. The van der Waals surface area contributed by atoms with Gasteiger partial charge in [0.25, 0.3) is 5.91 Å². The summed E-state index contributed by atoms with van der Waals surface area (Å²) in [6.07, 6.45) is 2.72. The lowest BCUT2D eigenvalue weighted by Crippen LogP contribution is -2.24. The minimum Gasteiger partial charge on any atom is -0.485 e. The molecule has 7 heteroatoms. The Balaban J connectivity index is 1.43.